The van der Waals surface area contributed by atoms with Gasteiger partial charge in [0.1, 0.15) is 0 Å². The summed E-state index contributed by atoms with van der Waals surface area (Å²) in [6.07, 6.45) is 6.12. The van der Waals surface area contributed by atoms with Crippen LogP contribution >= 0.6 is 11.8 Å². The van der Waals surface area contributed by atoms with E-state index in [0.29, 0.717) is 40.2 Å². The minimum absolute atomic E-state index is 0.00806. The molecule has 0 spiro atoms. The van der Waals surface area contributed by atoms with Gasteiger partial charge in [-0.2, -0.15) is 0 Å². The molecule has 188 valence electrons. The number of aryl methyl sites for hydroxylation is 1. The lowest BCUT2D eigenvalue weighted by Gasteiger charge is -2.34. The van der Waals surface area contributed by atoms with E-state index in [4.69, 9.17) is 0 Å². The highest BCUT2D eigenvalue weighted by molar-refractivity contribution is 7.99. The van der Waals surface area contributed by atoms with Gasteiger partial charge in [-0.05, 0) is 36.8 Å². The average Bonchev–Trinajstić information content (AvgIpc) is 3.27. The van der Waals surface area contributed by atoms with E-state index >= 15 is 0 Å². The fourth-order valence-corrected chi connectivity index (χ4v) is 5.57. The number of benzene rings is 1. The Balaban J connectivity index is 1.48. The van der Waals surface area contributed by atoms with E-state index in [9.17, 15) is 14.4 Å². The minimum atomic E-state index is -0.456. The Morgan fingerprint density at radius 1 is 1.14 bits per heavy atom. The van der Waals surface area contributed by atoms with Crippen LogP contribution in [0.3, 0.4) is 0 Å². The molecule has 0 saturated heterocycles. The van der Waals surface area contributed by atoms with Crippen LogP contribution in [0.1, 0.15) is 59.3 Å². The van der Waals surface area contributed by atoms with E-state index < -0.39 is 11.9 Å². The number of hydrogen-bond acceptors (Lipinski definition) is 6. The maximum atomic E-state index is 13.1. The third kappa shape index (κ3) is 5.52. The number of carbonyl (C=O) groups is 2. The summed E-state index contributed by atoms with van der Waals surface area (Å²) in [5.74, 6) is 1.00. The molecule has 1 fully saturated rings. The summed E-state index contributed by atoms with van der Waals surface area (Å²) >= 11 is 1.19. The number of aromatic nitrogens is 4. The Morgan fingerprint density at radius 3 is 2.74 bits per heavy atom. The fourth-order valence-electron chi connectivity index (χ4n) is 4.83. The summed E-state index contributed by atoms with van der Waals surface area (Å²) in [5, 5.41) is 15.1. The number of para-hydroxylation sites is 1. The first-order valence-electron chi connectivity index (χ1n) is 12.5. The van der Waals surface area contributed by atoms with E-state index in [1.807, 2.05) is 22.6 Å². The highest BCUT2D eigenvalue weighted by atomic mass is 32.2. The van der Waals surface area contributed by atoms with E-state index in [1.54, 1.807) is 10.6 Å². The number of hydrogen-bond donors (Lipinski definition) is 2. The van der Waals surface area contributed by atoms with Crippen LogP contribution in [0.25, 0.3) is 16.7 Å². The SMILES string of the molecule is CCCCCn1c(=O)c2ccccc2n2c(SCC(=O)NC(=O)N[C@@H]3CCC[C@@H](C)[C@@H]3C)nnc12. The summed E-state index contributed by atoms with van der Waals surface area (Å²) in [7, 11) is 0. The number of rotatable bonds is 8. The van der Waals surface area contributed by atoms with Gasteiger partial charge in [0, 0.05) is 12.6 Å². The van der Waals surface area contributed by atoms with Crippen LogP contribution in [0.15, 0.2) is 34.2 Å². The molecule has 3 amide bonds. The van der Waals surface area contributed by atoms with Gasteiger partial charge in [0.2, 0.25) is 11.7 Å². The van der Waals surface area contributed by atoms with Gasteiger partial charge in [-0.25, -0.2) is 4.79 Å². The predicted octanol–water partition coefficient (Wildman–Crippen LogP) is 3.98. The van der Waals surface area contributed by atoms with Crippen molar-refractivity contribution in [2.24, 2.45) is 11.8 Å². The first-order chi connectivity index (χ1) is 16.9. The van der Waals surface area contributed by atoms with Crippen LogP contribution in [0, 0.1) is 11.8 Å². The van der Waals surface area contributed by atoms with Crippen LogP contribution in [0.4, 0.5) is 4.79 Å². The molecular weight excluding hydrogens is 464 g/mol. The number of carbonyl (C=O) groups excluding carboxylic acids is 2. The quantitative estimate of drug-likeness (QED) is 0.359. The van der Waals surface area contributed by atoms with Crippen LogP contribution in [0.2, 0.25) is 0 Å². The van der Waals surface area contributed by atoms with Crippen LogP contribution in [0.5, 0.6) is 0 Å². The van der Waals surface area contributed by atoms with Gasteiger partial charge >= 0.3 is 6.03 Å². The van der Waals surface area contributed by atoms with Crippen molar-refractivity contribution in [1.29, 1.82) is 0 Å². The number of thioether (sulfide) groups is 1. The van der Waals surface area contributed by atoms with Crippen molar-refractivity contribution in [3.63, 3.8) is 0 Å². The van der Waals surface area contributed by atoms with Crippen molar-refractivity contribution < 1.29 is 9.59 Å². The normalized spacial score (nSPS) is 20.3. The Labute approximate surface area is 209 Å². The maximum absolute atomic E-state index is 13.1. The Bertz CT molecular complexity index is 1270. The smallest absolute Gasteiger partial charge is 0.321 e. The van der Waals surface area contributed by atoms with Gasteiger partial charge < -0.3 is 5.32 Å². The monoisotopic (exact) mass is 498 g/mol. The van der Waals surface area contributed by atoms with Crippen molar-refractivity contribution in [3.05, 3.63) is 34.6 Å². The van der Waals surface area contributed by atoms with Crippen LogP contribution in [-0.2, 0) is 11.3 Å². The van der Waals surface area contributed by atoms with E-state index in [-0.39, 0.29) is 17.4 Å². The predicted molar refractivity (Wildman–Crippen MR) is 138 cm³/mol. The summed E-state index contributed by atoms with van der Waals surface area (Å²) in [4.78, 5) is 38.0. The lowest BCUT2D eigenvalue weighted by molar-refractivity contribution is -0.117. The summed E-state index contributed by atoms with van der Waals surface area (Å²) in [5.41, 5.74) is 0.610. The molecule has 2 aromatic heterocycles. The van der Waals surface area contributed by atoms with Crippen molar-refractivity contribution in [3.8, 4) is 0 Å². The number of fused-ring (bicyclic) bond motifs is 3. The zero-order chi connectivity index (χ0) is 24.9. The second-order valence-electron chi connectivity index (χ2n) is 9.48. The third-order valence-corrected chi connectivity index (χ3v) is 8.00. The van der Waals surface area contributed by atoms with E-state index in [1.165, 1.54) is 18.2 Å². The molecule has 0 unspecified atom stereocenters. The highest BCUT2D eigenvalue weighted by Gasteiger charge is 2.28. The minimum Gasteiger partial charge on any atom is -0.335 e. The number of nitrogens with one attached hydrogen (secondary N) is 2. The topological polar surface area (TPSA) is 110 Å². The van der Waals surface area contributed by atoms with Crippen LogP contribution in [-0.4, -0.2) is 42.9 Å². The molecule has 0 radical (unpaired) electrons. The molecule has 4 rings (SSSR count). The van der Waals surface area contributed by atoms with Gasteiger partial charge in [-0.15, -0.1) is 10.2 Å². The van der Waals surface area contributed by atoms with Crippen LogP contribution < -0.4 is 16.2 Å². The molecule has 1 saturated carbocycles. The maximum Gasteiger partial charge on any atom is 0.321 e. The summed E-state index contributed by atoms with van der Waals surface area (Å²) in [6, 6.07) is 6.97. The molecule has 10 heteroatoms. The molecule has 2 heterocycles. The molecule has 3 atom stereocenters. The second-order valence-corrected chi connectivity index (χ2v) is 10.4. The first kappa shape index (κ1) is 25.2. The van der Waals surface area contributed by atoms with Gasteiger partial charge in [-0.3, -0.25) is 23.9 Å². The summed E-state index contributed by atoms with van der Waals surface area (Å²) in [6.45, 7) is 7.03. The molecule has 2 N–H and O–H groups in total. The summed E-state index contributed by atoms with van der Waals surface area (Å²) < 4.78 is 3.49. The van der Waals surface area contributed by atoms with Crippen molar-refractivity contribution in [1.82, 2.24) is 29.8 Å². The molecule has 35 heavy (non-hydrogen) atoms. The standard InChI is InChI=1S/C25H34N6O3S/c1-4-5-8-14-30-22(33)18-11-6-7-13-20(18)31-24(30)28-29-25(31)35-15-21(32)27-23(34)26-19-12-9-10-16(2)17(19)3/h6-7,11,13,16-17,19H,4-5,8-10,12,14-15H2,1-3H3,(H2,26,27,32,34)/t16-,17+,19-/m1/s1. The molecule has 0 bridgehead atoms. The molecular formula is C25H34N6O3S. The molecule has 3 aromatic rings. The fraction of sp³-hybridized carbons (Fsp3) is 0.560. The largest absolute Gasteiger partial charge is 0.335 e. The van der Waals surface area contributed by atoms with Gasteiger partial charge in [0.25, 0.3) is 5.56 Å². The second kappa shape index (κ2) is 11.2. The van der Waals surface area contributed by atoms with Crippen molar-refractivity contribution in [2.45, 2.75) is 77.0 Å². The lowest BCUT2D eigenvalue weighted by atomic mass is 9.78. The molecule has 1 aliphatic rings. The Morgan fingerprint density at radius 2 is 1.94 bits per heavy atom. The third-order valence-electron chi connectivity index (χ3n) is 7.07. The Kier molecular flexibility index (Phi) is 8.10. The molecule has 0 aliphatic heterocycles. The number of amides is 3. The average molecular weight is 499 g/mol. The Hall–Kier alpha value is -2.88. The van der Waals surface area contributed by atoms with Crippen molar-refractivity contribution in [2.75, 3.05) is 5.75 Å². The van der Waals surface area contributed by atoms with Gasteiger partial charge in [-0.1, -0.05) is 70.3 Å². The van der Waals surface area contributed by atoms with Gasteiger partial charge in [0.15, 0.2) is 5.16 Å². The highest BCUT2D eigenvalue weighted by Crippen LogP contribution is 2.29. The van der Waals surface area contributed by atoms with E-state index in [0.717, 1.165) is 32.1 Å². The lowest BCUT2D eigenvalue weighted by Crippen LogP contribution is -2.49. The molecule has 1 aromatic carbocycles. The number of unbranched alkanes of at least 4 members (excludes halogenated alkanes) is 2. The zero-order valence-electron chi connectivity index (χ0n) is 20.6. The number of imide groups is 1. The van der Waals surface area contributed by atoms with E-state index in [2.05, 4.69) is 41.6 Å². The van der Waals surface area contributed by atoms with Crippen molar-refractivity contribution >= 4 is 40.4 Å². The van der Waals surface area contributed by atoms with Gasteiger partial charge in [0.05, 0.1) is 16.7 Å². The first-order valence-corrected chi connectivity index (χ1v) is 13.5. The molecule has 1 aliphatic carbocycles. The molecule has 9 nitrogen and oxygen atoms in total. The zero-order valence-corrected chi connectivity index (χ0v) is 21.4. The number of nitrogens with zero attached hydrogens (tertiary/aromatic N) is 4. The number of urea groups is 1.